The van der Waals surface area contributed by atoms with Gasteiger partial charge in [0, 0.05) is 17.6 Å². The van der Waals surface area contributed by atoms with Gasteiger partial charge in [-0.2, -0.15) is 0 Å². The number of anilines is 1. The largest absolute Gasteiger partial charge is 0.495 e. The fourth-order valence-corrected chi connectivity index (χ4v) is 4.65. The molecular weight excluding hydrogens is 490 g/mol. The van der Waals surface area contributed by atoms with Crippen LogP contribution in [0.15, 0.2) is 48.5 Å². The van der Waals surface area contributed by atoms with Gasteiger partial charge in [0.2, 0.25) is 21.8 Å². The summed E-state index contributed by atoms with van der Waals surface area (Å²) in [6, 6.07) is 12.7. The minimum atomic E-state index is -3.86. The van der Waals surface area contributed by atoms with Crippen molar-refractivity contribution in [2.75, 3.05) is 24.2 Å². The van der Waals surface area contributed by atoms with E-state index in [-0.39, 0.29) is 24.2 Å². The molecule has 0 heterocycles. The van der Waals surface area contributed by atoms with Crippen LogP contribution in [0.3, 0.4) is 0 Å². The molecule has 0 aromatic heterocycles. The number of methoxy groups -OCH3 is 1. The molecule has 10 heteroatoms. The summed E-state index contributed by atoms with van der Waals surface area (Å²) >= 11 is 6.36. The van der Waals surface area contributed by atoms with Crippen LogP contribution in [0.4, 0.5) is 5.69 Å². The molecule has 0 aliphatic heterocycles. The maximum Gasteiger partial charge on any atom is 0.244 e. The van der Waals surface area contributed by atoms with Crippen LogP contribution in [0.25, 0.3) is 0 Å². The highest BCUT2D eigenvalue weighted by Crippen LogP contribution is 2.30. The lowest BCUT2D eigenvalue weighted by Crippen LogP contribution is -2.53. The fraction of sp³-hybridized carbons (Fsp3) is 0.440. The number of amides is 2. The van der Waals surface area contributed by atoms with E-state index in [9.17, 15) is 18.0 Å². The van der Waals surface area contributed by atoms with E-state index in [1.165, 1.54) is 12.0 Å². The molecule has 0 aliphatic carbocycles. The number of para-hydroxylation sites is 2. The Morgan fingerprint density at radius 3 is 2.26 bits per heavy atom. The summed E-state index contributed by atoms with van der Waals surface area (Å²) in [5.74, 6) is -0.525. The van der Waals surface area contributed by atoms with Gasteiger partial charge in [0.05, 0.1) is 19.1 Å². The third-order valence-electron chi connectivity index (χ3n) is 5.72. The third kappa shape index (κ3) is 7.60. The van der Waals surface area contributed by atoms with E-state index in [1.807, 2.05) is 20.8 Å². The summed E-state index contributed by atoms with van der Waals surface area (Å²) in [5, 5.41) is 3.38. The van der Waals surface area contributed by atoms with Gasteiger partial charge in [-0.3, -0.25) is 13.9 Å². The van der Waals surface area contributed by atoms with Gasteiger partial charge in [0.25, 0.3) is 0 Å². The Labute approximate surface area is 213 Å². The van der Waals surface area contributed by atoms with Crippen molar-refractivity contribution in [2.45, 2.75) is 52.2 Å². The molecule has 0 fully saturated rings. The van der Waals surface area contributed by atoms with Crippen molar-refractivity contribution in [3.05, 3.63) is 59.1 Å². The summed E-state index contributed by atoms with van der Waals surface area (Å²) in [6.45, 7) is 5.20. The van der Waals surface area contributed by atoms with Crippen molar-refractivity contribution < 1.29 is 22.7 Å². The van der Waals surface area contributed by atoms with Gasteiger partial charge in [0.15, 0.2) is 0 Å². The molecule has 2 rings (SSSR count). The van der Waals surface area contributed by atoms with Gasteiger partial charge in [-0.15, -0.1) is 0 Å². The van der Waals surface area contributed by atoms with Crippen LogP contribution in [-0.2, 0) is 26.2 Å². The molecule has 35 heavy (non-hydrogen) atoms. The smallest absolute Gasteiger partial charge is 0.244 e. The number of nitrogens with one attached hydrogen (secondary N) is 1. The van der Waals surface area contributed by atoms with Gasteiger partial charge in [-0.1, -0.05) is 55.8 Å². The molecule has 2 aromatic carbocycles. The molecule has 0 unspecified atom stereocenters. The predicted molar refractivity (Wildman–Crippen MR) is 139 cm³/mol. The molecule has 0 saturated heterocycles. The first-order valence-corrected chi connectivity index (χ1v) is 13.7. The van der Waals surface area contributed by atoms with Crippen molar-refractivity contribution in [3.8, 4) is 5.75 Å². The number of benzene rings is 2. The first kappa shape index (κ1) is 28.5. The van der Waals surface area contributed by atoms with Gasteiger partial charge in [-0.05, 0) is 43.5 Å². The number of halogens is 1. The lowest BCUT2D eigenvalue weighted by molar-refractivity contribution is -0.140. The Kier molecular flexibility index (Phi) is 10.4. The molecule has 2 atom stereocenters. The lowest BCUT2D eigenvalue weighted by atomic mass is 10.1. The molecule has 2 aromatic rings. The van der Waals surface area contributed by atoms with Crippen LogP contribution in [-0.4, -0.2) is 57.1 Å². The summed E-state index contributed by atoms with van der Waals surface area (Å²) in [4.78, 5) is 28.2. The number of rotatable bonds is 12. The van der Waals surface area contributed by atoms with Crippen molar-refractivity contribution in [1.82, 2.24) is 10.2 Å². The summed E-state index contributed by atoms with van der Waals surface area (Å²) in [7, 11) is -2.43. The Morgan fingerprint density at radius 2 is 1.69 bits per heavy atom. The highest BCUT2D eigenvalue weighted by molar-refractivity contribution is 7.92. The second-order valence-electron chi connectivity index (χ2n) is 8.30. The van der Waals surface area contributed by atoms with Crippen molar-refractivity contribution in [2.24, 2.45) is 0 Å². The van der Waals surface area contributed by atoms with Gasteiger partial charge in [0.1, 0.15) is 18.3 Å². The molecule has 8 nitrogen and oxygen atoms in total. The molecule has 2 amide bonds. The van der Waals surface area contributed by atoms with Crippen LogP contribution in [0.5, 0.6) is 5.75 Å². The molecule has 0 bridgehead atoms. The lowest BCUT2D eigenvalue weighted by Gasteiger charge is -2.33. The molecular formula is C25H34ClN3O5S. The number of ether oxygens (including phenoxy) is 1. The SMILES string of the molecule is CC[C@H](C(=O)N[C@@H](C)CC)N(Cc1ccccc1Cl)C(=O)CN(c1ccccc1OC)S(C)(=O)=O. The zero-order valence-electron chi connectivity index (χ0n) is 20.8. The van der Waals surface area contributed by atoms with E-state index in [4.69, 9.17) is 16.3 Å². The molecule has 0 radical (unpaired) electrons. The topological polar surface area (TPSA) is 96.0 Å². The van der Waals surface area contributed by atoms with Crippen LogP contribution >= 0.6 is 11.6 Å². The first-order chi connectivity index (χ1) is 16.5. The average Bonchev–Trinajstić information content (AvgIpc) is 2.82. The second-order valence-corrected chi connectivity index (χ2v) is 10.6. The number of hydrogen-bond donors (Lipinski definition) is 1. The van der Waals surface area contributed by atoms with Crippen molar-refractivity contribution >= 4 is 39.1 Å². The molecule has 0 spiro atoms. The van der Waals surface area contributed by atoms with E-state index in [1.54, 1.807) is 48.5 Å². The van der Waals surface area contributed by atoms with Crippen LogP contribution in [0, 0.1) is 0 Å². The molecule has 192 valence electrons. The van der Waals surface area contributed by atoms with Crippen LogP contribution in [0.2, 0.25) is 5.02 Å². The molecule has 0 aliphatic rings. The summed E-state index contributed by atoms with van der Waals surface area (Å²) < 4.78 is 31.8. The number of carbonyl (C=O) groups excluding carboxylic acids is 2. The zero-order chi connectivity index (χ0) is 26.2. The number of carbonyl (C=O) groups is 2. The number of sulfonamides is 1. The molecule has 1 N–H and O–H groups in total. The Bertz CT molecular complexity index is 1130. The quantitative estimate of drug-likeness (QED) is 0.456. The number of nitrogens with zero attached hydrogens (tertiary/aromatic N) is 2. The maximum absolute atomic E-state index is 13.7. The minimum Gasteiger partial charge on any atom is -0.495 e. The normalized spacial score (nSPS) is 13.0. The van der Waals surface area contributed by atoms with Gasteiger partial charge >= 0.3 is 0 Å². The Hall–Kier alpha value is -2.78. The first-order valence-electron chi connectivity index (χ1n) is 11.5. The van der Waals surface area contributed by atoms with Crippen LogP contribution in [0.1, 0.15) is 39.2 Å². The Morgan fingerprint density at radius 1 is 1.06 bits per heavy atom. The monoisotopic (exact) mass is 523 g/mol. The minimum absolute atomic E-state index is 0.0501. The number of hydrogen-bond acceptors (Lipinski definition) is 5. The highest BCUT2D eigenvalue weighted by Gasteiger charge is 2.33. The van der Waals surface area contributed by atoms with E-state index in [0.29, 0.717) is 22.8 Å². The standard InChI is InChI=1S/C25H34ClN3O5S/c1-6-18(3)27-25(31)21(7-2)28(16-19-12-8-9-13-20(19)26)24(30)17-29(35(5,32)33)22-14-10-11-15-23(22)34-4/h8-15,18,21H,6-7,16-17H2,1-5H3,(H,27,31)/t18-,21+/m0/s1. The van der Waals surface area contributed by atoms with Crippen LogP contribution < -0.4 is 14.4 Å². The van der Waals surface area contributed by atoms with E-state index in [0.717, 1.165) is 17.0 Å². The zero-order valence-corrected chi connectivity index (χ0v) is 22.4. The van der Waals surface area contributed by atoms with Crippen molar-refractivity contribution in [1.29, 1.82) is 0 Å². The predicted octanol–water partition coefficient (Wildman–Crippen LogP) is 3.84. The van der Waals surface area contributed by atoms with Gasteiger partial charge < -0.3 is 15.0 Å². The van der Waals surface area contributed by atoms with E-state index >= 15 is 0 Å². The third-order valence-corrected chi connectivity index (χ3v) is 7.21. The fourth-order valence-electron chi connectivity index (χ4n) is 3.60. The van der Waals surface area contributed by atoms with E-state index < -0.39 is 28.5 Å². The average molecular weight is 524 g/mol. The Balaban J connectivity index is 2.49. The van der Waals surface area contributed by atoms with Crippen molar-refractivity contribution in [3.63, 3.8) is 0 Å². The summed E-state index contributed by atoms with van der Waals surface area (Å²) in [6.07, 6.45) is 2.10. The highest BCUT2D eigenvalue weighted by atomic mass is 35.5. The van der Waals surface area contributed by atoms with Gasteiger partial charge in [-0.25, -0.2) is 8.42 Å². The second kappa shape index (κ2) is 12.8. The molecule has 0 saturated carbocycles. The summed E-state index contributed by atoms with van der Waals surface area (Å²) in [5.41, 5.74) is 0.890. The van der Waals surface area contributed by atoms with E-state index in [2.05, 4.69) is 5.32 Å². The maximum atomic E-state index is 13.7.